The highest BCUT2D eigenvalue weighted by atomic mass is 32.2. The maximum Gasteiger partial charge on any atom is 0.240 e. The van der Waals surface area contributed by atoms with E-state index in [2.05, 4.69) is 15.0 Å². The molecule has 0 bridgehead atoms. The lowest BCUT2D eigenvalue weighted by molar-refractivity contribution is -0.116. The number of carbonyl (C=O) groups excluding carboxylic acids is 1. The number of sulfonamides is 1. The molecule has 0 radical (unpaired) electrons. The summed E-state index contributed by atoms with van der Waals surface area (Å²) in [5.41, 5.74) is 0.524. The Kier molecular flexibility index (Phi) is 5.44. The van der Waals surface area contributed by atoms with E-state index in [1.807, 2.05) is 0 Å². The molecule has 1 aromatic heterocycles. The number of amides is 1. The maximum atomic E-state index is 13.2. The molecule has 0 aliphatic heterocycles. The summed E-state index contributed by atoms with van der Waals surface area (Å²) in [4.78, 5) is 15.6. The molecular formula is C16H12F3N3O3S2. The van der Waals surface area contributed by atoms with Gasteiger partial charge in [0.1, 0.15) is 5.82 Å². The van der Waals surface area contributed by atoms with Gasteiger partial charge in [0.05, 0.1) is 15.1 Å². The molecule has 0 atom stereocenters. The van der Waals surface area contributed by atoms with Crippen LogP contribution >= 0.6 is 11.3 Å². The van der Waals surface area contributed by atoms with Gasteiger partial charge in [0, 0.05) is 13.0 Å². The normalized spacial score (nSPS) is 11.7. The number of nitrogens with one attached hydrogen (secondary N) is 2. The Hall–Kier alpha value is -2.50. The molecule has 1 amide bonds. The number of carbonyl (C=O) groups is 1. The number of aromatic nitrogens is 1. The second-order valence-electron chi connectivity index (χ2n) is 5.40. The summed E-state index contributed by atoms with van der Waals surface area (Å²) < 4.78 is 65.9. The third-order valence-corrected chi connectivity index (χ3v) is 5.83. The van der Waals surface area contributed by atoms with Crippen molar-refractivity contribution in [3.63, 3.8) is 0 Å². The molecule has 0 saturated heterocycles. The van der Waals surface area contributed by atoms with Gasteiger partial charge in [0.2, 0.25) is 15.9 Å². The van der Waals surface area contributed by atoms with Crippen molar-refractivity contribution in [1.82, 2.24) is 9.71 Å². The predicted octanol–water partition coefficient (Wildman–Crippen LogP) is 3.02. The second kappa shape index (κ2) is 7.62. The van der Waals surface area contributed by atoms with Crippen LogP contribution in [0.4, 0.5) is 18.3 Å². The van der Waals surface area contributed by atoms with Crippen LogP contribution in [0.15, 0.2) is 41.3 Å². The Bertz CT molecular complexity index is 1120. The maximum absolute atomic E-state index is 13.2. The molecule has 2 N–H and O–H groups in total. The largest absolute Gasteiger partial charge is 0.302 e. The fourth-order valence-electron chi connectivity index (χ4n) is 2.16. The quantitative estimate of drug-likeness (QED) is 0.648. The van der Waals surface area contributed by atoms with E-state index in [1.165, 1.54) is 18.2 Å². The molecule has 6 nitrogen and oxygen atoms in total. The molecular weight excluding hydrogens is 403 g/mol. The molecule has 11 heteroatoms. The van der Waals surface area contributed by atoms with E-state index < -0.39 is 38.3 Å². The van der Waals surface area contributed by atoms with E-state index >= 15 is 0 Å². The summed E-state index contributed by atoms with van der Waals surface area (Å²) in [6.45, 7) is -0.257. The number of nitrogens with zero attached hydrogens (tertiary/aromatic N) is 1. The van der Waals surface area contributed by atoms with Crippen molar-refractivity contribution in [1.29, 1.82) is 0 Å². The van der Waals surface area contributed by atoms with E-state index in [0.29, 0.717) is 22.3 Å². The summed E-state index contributed by atoms with van der Waals surface area (Å²) in [7, 11) is -4.08. The van der Waals surface area contributed by atoms with Crippen LogP contribution in [0.3, 0.4) is 0 Å². The van der Waals surface area contributed by atoms with Crippen LogP contribution < -0.4 is 10.0 Å². The molecule has 0 aliphatic rings. The number of anilines is 1. The summed E-state index contributed by atoms with van der Waals surface area (Å²) in [6, 6.07) is 6.19. The Morgan fingerprint density at radius 1 is 1.07 bits per heavy atom. The van der Waals surface area contributed by atoms with Gasteiger partial charge < -0.3 is 5.32 Å². The molecule has 3 rings (SSSR count). The lowest BCUT2D eigenvalue weighted by Gasteiger charge is -2.07. The monoisotopic (exact) mass is 415 g/mol. The van der Waals surface area contributed by atoms with Crippen molar-refractivity contribution in [2.24, 2.45) is 0 Å². The van der Waals surface area contributed by atoms with Crippen LogP contribution in [0.1, 0.15) is 6.42 Å². The molecule has 1 heterocycles. The van der Waals surface area contributed by atoms with Crippen molar-refractivity contribution in [3.05, 3.63) is 53.8 Å². The van der Waals surface area contributed by atoms with Crippen LogP contribution in [-0.2, 0) is 14.8 Å². The highest BCUT2D eigenvalue weighted by Gasteiger charge is 2.17. The van der Waals surface area contributed by atoms with Crippen LogP contribution in [-0.4, -0.2) is 25.9 Å². The van der Waals surface area contributed by atoms with Gasteiger partial charge in [0.25, 0.3) is 0 Å². The van der Waals surface area contributed by atoms with E-state index in [9.17, 15) is 26.4 Å². The molecule has 0 fully saturated rings. The minimum atomic E-state index is -4.08. The number of fused-ring (bicyclic) bond motifs is 1. The predicted molar refractivity (Wildman–Crippen MR) is 94.4 cm³/mol. The van der Waals surface area contributed by atoms with Crippen molar-refractivity contribution >= 4 is 42.6 Å². The SMILES string of the molecule is O=C(CCNS(=O)(=O)c1ccc(F)c(F)c1)Nc1nc2ccc(F)cc2s1. The number of hydrogen-bond donors (Lipinski definition) is 2. The van der Waals surface area contributed by atoms with Crippen molar-refractivity contribution in [2.75, 3.05) is 11.9 Å². The van der Waals surface area contributed by atoms with E-state index in [0.717, 1.165) is 17.4 Å². The van der Waals surface area contributed by atoms with Gasteiger partial charge >= 0.3 is 0 Å². The number of hydrogen-bond acceptors (Lipinski definition) is 5. The van der Waals surface area contributed by atoms with Crippen LogP contribution in [0.5, 0.6) is 0 Å². The first-order chi connectivity index (χ1) is 12.7. The molecule has 3 aromatic rings. The smallest absolute Gasteiger partial charge is 0.240 e. The zero-order valence-electron chi connectivity index (χ0n) is 13.5. The minimum Gasteiger partial charge on any atom is -0.302 e. The fourth-order valence-corrected chi connectivity index (χ4v) is 4.11. The highest BCUT2D eigenvalue weighted by molar-refractivity contribution is 7.89. The van der Waals surface area contributed by atoms with Gasteiger partial charge in [-0.25, -0.2) is 31.3 Å². The summed E-state index contributed by atoms with van der Waals surface area (Å²) in [6.07, 6.45) is -0.215. The lowest BCUT2D eigenvalue weighted by atomic mass is 10.3. The third kappa shape index (κ3) is 4.62. The standard InChI is InChI=1S/C16H12F3N3O3S2/c17-9-1-4-13-14(7-9)26-16(21-13)22-15(23)5-6-20-27(24,25)10-2-3-11(18)12(19)8-10/h1-4,7-8,20H,5-6H2,(H,21,22,23). The fraction of sp³-hybridized carbons (Fsp3) is 0.125. The van der Waals surface area contributed by atoms with Crippen LogP contribution in [0.2, 0.25) is 0 Å². The number of halogens is 3. The Morgan fingerprint density at radius 2 is 1.85 bits per heavy atom. The van der Waals surface area contributed by atoms with Gasteiger partial charge in [-0.05, 0) is 36.4 Å². The van der Waals surface area contributed by atoms with Gasteiger partial charge in [-0.15, -0.1) is 0 Å². The molecule has 0 aliphatic carbocycles. The minimum absolute atomic E-state index is 0.215. The Balaban J connectivity index is 1.57. The van der Waals surface area contributed by atoms with Gasteiger partial charge in [0.15, 0.2) is 16.8 Å². The van der Waals surface area contributed by atoms with Crippen molar-refractivity contribution in [3.8, 4) is 0 Å². The van der Waals surface area contributed by atoms with Gasteiger partial charge in [-0.2, -0.15) is 0 Å². The van der Waals surface area contributed by atoms with Crippen LogP contribution in [0.25, 0.3) is 10.2 Å². The zero-order chi connectivity index (χ0) is 19.6. The molecule has 27 heavy (non-hydrogen) atoms. The Labute approximate surface area is 156 Å². The van der Waals surface area contributed by atoms with Crippen LogP contribution in [0, 0.1) is 17.5 Å². The number of thiazole rings is 1. The average Bonchev–Trinajstić information content (AvgIpc) is 2.98. The van der Waals surface area contributed by atoms with Crippen molar-refractivity contribution in [2.45, 2.75) is 11.3 Å². The van der Waals surface area contributed by atoms with E-state index in [4.69, 9.17) is 0 Å². The Morgan fingerprint density at radius 3 is 2.59 bits per heavy atom. The zero-order valence-corrected chi connectivity index (χ0v) is 15.1. The first-order valence-electron chi connectivity index (χ1n) is 7.55. The van der Waals surface area contributed by atoms with E-state index in [-0.39, 0.29) is 18.1 Å². The lowest BCUT2D eigenvalue weighted by Crippen LogP contribution is -2.28. The number of benzene rings is 2. The number of rotatable bonds is 6. The summed E-state index contributed by atoms with van der Waals surface area (Å²) in [5.74, 6) is -3.38. The second-order valence-corrected chi connectivity index (χ2v) is 8.20. The highest BCUT2D eigenvalue weighted by Crippen LogP contribution is 2.26. The molecule has 0 saturated carbocycles. The third-order valence-electron chi connectivity index (χ3n) is 3.44. The summed E-state index contributed by atoms with van der Waals surface area (Å²) >= 11 is 1.08. The topological polar surface area (TPSA) is 88.2 Å². The first-order valence-corrected chi connectivity index (χ1v) is 9.85. The molecule has 0 unspecified atom stereocenters. The van der Waals surface area contributed by atoms with Gasteiger partial charge in [-0.3, -0.25) is 4.79 Å². The van der Waals surface area contributed by atoms with Gasteiger partial charge in [-0.1, -0.05) is 11.3 Å². The summed E-state index contributed by atoms with van der Waals surface area (Å²) in [5, 5.41) is 2.75. The first kappa shape index (κ1) is 19.3. The van der Waals surface area contributed by atoms with Crippen molar-refractivity contribution < 1.29 is 26.4 Å². The molecule has 2 aromatic carbocycles. The molecule has 0 spiro atoms. The van der Waals surface area contributed by atoms with E-state index in [1.54, 1.807) is 0 Å². The average molecular weight is 415 g/mol. The molecule has 142 valence electrons.